The van der Waals surface area contributed by atoms with E-state index in [-0.39, 0.29) is 11.7 Å². The normalized spacial score (nSPS) is 12.7. The Hall–Kier alpha value is -3.39. The monoisotopic (exact) mass is 467 g/mol. The van der Waals surface area contributed by atoms with Gasteiger partial charge in [-0.2, -0.15) is 0 Å². The van der Waals surface area contributed by atoms with Crippen molar-refractivity contribution in [3.8, 4) is 0 Å². The second-order valence-corrected chi connectivity index (χ2v) is 9.14. The largest absolute Gasteiger partial charge is 0.341 e. The van der Waals surface area contributed by atoms with Gasteiger partial charge in [-0.25, -0.2) is 4.39 Å². The first-order chi connectivity index (χ1) is 16.9. The molecule has 3 aromatic carbocycles. The van der Waals surface area contributed by atoms with E-state index in [1.807, 2.05) is 12.1 Å². The third kappa shape index (κ3) is 6.39. The molecule has 0 saturated heterocycles. The van der Waals surface area contributed by atoms with E-state index in [1.54, 1.807) is 13.0 Å². The zero-order valence-corrected chi connectivity index (χ0v) is 21.8. The molecule has 0 spiro atoms. The van der Waals surface area contributed by atoms with Gasteiger partial charge < -0.3 is 4.90 Å². The lowest BCUT2D eigenvalue weighted by molar-refractivity contribution is 0.618. The summed E-state index contributed by atoms with van der Waals surface area (Å²) in [5.41, 5.74) is 8.64. The van der Waals surface area contributed by atoms with Crippen molar-refractivity contribution in [1.82, 2.24) is 0 Å². The van der Waals surface area contributed by atoms with Crippen molar-refractivity contribution in [2.75, 3.05) is 11.4 Å². The molecule has 0 aliphatic heterocycles. The Morgan fingerprint density at radius 2 is 1.60 bits per heavy atom. The number of anilines is 2. The number of allylic oxidation sites excluding steroid dienone is 5. The number of rotatable bonds is 10. The Morgan fingerprint density at radius 3 is 2.20 bits per heavy atom. The molecule has 1 atom stereocenters. The minimum Gasteiger partial charge on any atom is -0.341 e. The highest BCUT2D eigenvalue weighted by Gasteiger charge is 2.19. The summed E-state index contributed by atoms with van der Waals surface area (Å²) in [5.74, 6) is 0.0554. The number of hydrogen-bond acceptors (Lipinski definition) is 1. The minimum atomic E-state index is -0.172. The van der Waals surface area contributed by atoms with Crippen LogP contribution in [-0.4, -0.2) is 6.54 Å². The molecule has 0 aliphatic carbocycles. The van der Waals surface area contributed by atoms with Gasteiger partial charge in [0.2, 0.25) is 0 Å². The summed E-state index contributed by atoms with van der Waals surface area (Å²) in [6, 6.07) is 22.7. The van der Waals surface area contributed by atoms with Gasteiger partial charge in [-0.05, 0) is 98.2 Å². The van der Waals surface area contributed by atoms with E-state index in [0.717, 1.165) is 41.9 Å². The molecule has 0 saturated carbocycles. The van der Waals surface area contributed by atoms with Crippen molar-refractivity contribution in [3.63, 3.8) is 0 Å². The maximum atomic E-state index is 14.4. The molecule has 0 amide bonds. The number of halogens is 1. The zero-order valence-electron chi connectivity index (χ0n) is 21.8. The number of benzene rings is 3. The molecule has 2 heteroatoms. The van der Waals surface area contributed by atoms with Crippen LogP contribution < -0.4 is 4.90 Å². The molecule has 182 valence electrons. The molecular formula is C33H38FN. The van der Waals surface area contributed by atoms with Crippen LogP contribution in [0.1, 0.15) is 61.8 Å². The molecule has 1 unspecified atom stereocenters. The standard InChI is InChI=1S/C33H38FN/c1-7-13-27(9-3)32(28-14-11-10-12-15-28)21-26(6)31-22-29(18-16-24(31)4)35(20-8-2)30-19-17-25(5)33(34)23-30/h7,9-19,22-23,32H,6,8,20-21H2,1-5H3/b13-7-,27-9+. The summed E-state index contributed by atoms with van der Waals surface area (Å²) in [6.07, 6.45) is 8.28. The van der Waals surface area contributed by atoms with Crippen LogP contribution in [0.4, 0.5) is 15.8 Å². The van der Waals surface area contributed by atoms with E-state index in [0.29, 0.717) is 5.56 Å². The number of nitrogens with zero attached hydrogens (tertiary/aromatic N) is 1. The van der Waals surface area contributed by atoms with Crippen molar-refractivity contribution in [3.05, 3.63) is 125 Å². The molecule has 0 aromatic heterocycles. The Kier molecular flexibility index (Phi) is 9.25. The summed E-state index contributed by atoms with van der Waals surface area (Å²) in [6.45, 7) is 15.6. The van der Waals surface area contributed by atoms with Crippen molar-refractivity contribution in [2.45, 2.75) is 53.4 Å². The SMILES string of the molecule is C=C(CC(C(/C=C\C)=C/C)c1ccccc1)c1cc(N(CCC)c2ccc(C)c(F)c2)ccc1C. The smallest absolute Gasteiger partial charge is 0.128 e. The second kappa shape index (κ2) is 12.4. The Balaban J connectivity index is 1.99. The fraction of sp³-hybridized carbons (Fsp3) is 0.273. The highest BCUT2D eigenvalue weighted by atomic mass is 19.1. The van der Waals surface area contributed by atoms with Gasteiger partial charge in [-0.15, -0.1) is 0 Å². The molecular weight excluding hydrogens is 429 g/mol. The third-order valence-electron chi connectivity index (χ3n) is 6.58. The summed E-state index contributed by atoms with van der Waals surface area (Å²) in [7, 11) is 0. The maximum absolute atomic E-state index is 14.4. The quantitative estimate of drug-likeness (QED) is 0.268. The average molecular weight is 468 g/mol. The van der Waals surface area contributed by atoms with Crippen LogP contribution in [-0.2, 0) is 0 Å². The van der Waals surface area contributed by atoms with Crippen LogP contribution in [0.25, 0.3) is 5.57 Å². The highest BCUT2D eigenvalue weighted by Crippen LogP contribution is 2.37. The van der Waals surface area contributed by atoms with Gasteiger partial charge in [0.1, 0.15) is 5.82 Å². The summed E-state index contributed by atoms with van der Waals surface area (Å²) < 4.78 is 14.4. The molecule has 35 heavy (non-hydrogen) atoms. The first-order valence-corrected chi connectivity index (χ1v) is 12.6. The lowest BCUT2D eigenvalue weighted by Crippen LogP contribution is -2.18. The predicted molar refractivity (Wildman–Crippen MR) is 151 cm³/mol. The van der Waals surface area contributed by atoms with Gasteiger partial charge in [0.15, 0.2) is 0 Å². The highest BCUT2D eigenvalue weighted by molar-refractivity contribution is 5.74. The van der Waals surface area contributed by atoms with Crippen molar-refractivity contribution < 1.29 is 4.39 Å². The molecule has 1 nitrogen and oxygen atoms in total. The van der Waals surface area contributed by atoms with Crippen molar-refractivity contribution in [2.24, 2.45) is 0 Å². The lowest BCUT2D eigenvalue weighted by atomic mass is 9.83. The predicted octanol–water partition coefficient (Wildman–Crippen LogP) is 9.70. The molecule has 3 aromatic rings. The van der Waals surface area contributed by atoms with Gasteiger partial charge in [-0.3, -0.25) is 0 Å². The van der Waals surface area contributed by atoms with Gasteiger partial charge in [0.25, 0.3) is 0 Å². The number of aryl methyl sites for hydroxylation is 2. The van der Waals surface area contributed by atoms with Crippen LogP contribution >= 0.6 is 0 Å². The summed E-state index contributed by atoms with van der Waals surface area (Å²) in [4.78, 5) is 2.20. The molecule has 0 N–H and O–H groups in total. The number of hydrogen-bond donors (Lipinski definition) is 0. The van der Waals surface area contributed by atoms with Gasteiger partial charge in [0, 0.05) is 23.8 Å². The molecule has 3 rings (SSSR count). The minimum absolute atomic E-state index is 0.172. The Bertz CT molecular complexity index is 1200. The summed E-state index contributed by atoms with van der Waals surface area (Å²) >= 11 is 0. The van der Waals surface area contributed by atoms with E-state index in [1.165, 1.54) is 16.7 Å². The fourth-order valence-electron chi connectivity index (χ4n) is 4.62. The maximum Gasteiger partial charge on any atom is 0.128 e. The van der Waals surface area contributed by atoms with Crippen LogP contribution in [0.2, 0.25) is 0 Å². The molecule has 0 heterocycles. The average Bonchev–Trinajstić information content (AvgIpc) is 2.87. The van der Waals surface area contributed by atoms with Crippen molar-refractivity contribution >= 4 is 16.9 Å². The molecule has 0 radical (unpaired) electrons. The van der Waals surface area contributed by atoms with Crippen molar-refractivity contribution in [1.29, 1.82) is 0 Å². The Labute approximate surface area is 211 Å². The van der Waals surface area contributed by atoms with Gasteiger partial charge in [0.05, 0.1) is 0 Å². The molecule has 0 fully saturated rings. The second-order valence-electron chi connectivity index (χ2n) is 9.14. The topological polar surface area (TPSA) is 3.24 Å². The first-order valence-electron chi connectivity index (χ1n) is 12.6. The van der Waals surface area contributed by atoms with E-state index in [4.69, 9.17) is 0 Å². The third-order valence-corrected chi connectivity index (χ3v) is 6.58. The fourth-order valence-corrected chi connectivity index (χ4v) is 4.62. The van der Waals surface area contributed by atoms with E-state index < -0.39 is 0 Å². The van der Waals surface area contributed by atoms with Gasteiger partial charge >= 0.3 is 0 Å². The van der Waals surface area contributed by atoms with Gasteiger partial charge in [-0.1, -0.05) is 74.2 Å². The van der Waals surface area contributed by atoms with E-state index >= 15 is 0 Å². The van der Waals surface area contributed by atoms with Crippen LogP contribution in [0, 0.1) is 19.7 Å². The lowest BCUT2D eigenvalue weighted by Gasteiger charge is -2.27. The first kappa shape index (κ1) is 26.2. The van der Waals surface area contributed by atoms with E-state index in [9.17, 15) is 4.39 Å². The van der Waals surface area contributed by atoms with E-state index in [2.05, 4.69) is 106 Å². The summed E-state index contributed by atoms with van der Waals surface area (Å²) in [5, 5.41) is 0. The van der Waals surface area contributed by atoms with Crippen LogP contribution in [0.3, 0.4) is 0 Å². The van der Waals surface area contributed by atoms with Crippen LogP contribution in [0.5, 0.6) is 0 Å². The molecule has 0 aliphatic rings. The molecule has 0 bridgehead atoms. The van der Waals surface area contributed by atoms with Crippen LogP contribution in [0.15, 0.2) is 97.1 Å². The zero-order chi connectivity index (χ0) is 25.4. The Morgan fingerprint density at radius 1 is 0.943 bits per heavy atom.